The van der Waals surface area contributed by atoms with Crippen molar-refractivity contribution in [2.24, 2.45) is 5.41 Å². The highest BCUT2D eigenvalue weighted by Gasteiger charge is 2.48. The molecule has 1 spiro atoms. The van der Waals surface area contributed by atoms with Gasteiger partial charge in [-0.2, -0.15) is 13.2 Å². The van der Waals surface area contributed by atoms with Crippen molar-refractivity contribution in [2.45, 2.75) is 65.3 Å². The smallest absolute Gasteiger partial charge is 0.416 e. The van der Waals surface area contributed by atoms with Gasteiger partial charge in [0, 0.05) is 57.3 Å². The molecule has 2 aromatic heterocycles. The number of carbonyl (C=O) groups is 1. The number of amides is 1. The number of anilines is 1. The molecule has 3 saturated heterocycles. The molecule has 44 heavy (non-hydrogen) atoms. The van der Waals surface area contributed by atoms with E-state index in [-0.39, 0.29) is 17.1 Å². The van der Waals surface area contributed by atoms with Crippen LogP contribution in [-0.4, -0.2) is 88.3 Å². The average Bonchev–Trinajstić information content (AvgIpc) is 3.27. The highest BCUT2D eigenvalue weighted by molar-refractivity contribution is 5.69. The SMILES string of the molecule is Cc1c(Cc2c(CN3CCCC4(C3)CN(C(=O)OC(C)(C)C)C4)nc3ncc(N4CCOCC4)cn23)cccc1C(F)(F)F. The molecule has 1 amide bonds. The molecule has 238 valence electrons. The van der Waals surface area contributed by atoms with Gasteiger partial charge in [0.25, 0.3) is 0 Å². The number of hydrogen-bond donors (Lipinski definition) is 0. The molecule has 0 aliphatic carbocycles. The van der Waals surface area contributed by atoms with Crippen molar-refractivity contribution in [1.82, 2.24) is 24.2 Å². The van der Waals surface area contributed by atoms with Crippen LogP contribution in [-0.2, 0) is 28.6 Å². The minimum atomic E-state index is -4.43. The van der Waals surface area contributed by atoms with Crippen LogP contribution >= 0.6 is 0 Å². The van der Waals surface area contributed by atoms with E-state index >= 15 is 0 Å². The summed E-state index contributed by atoms with van der Waals surface area (Å²) < 4.78 is 54.4. The Hall–Kier alpha value is -3.38. The fraction of sp³-hybridized carbons (Fsp3) is 0.594. The predicted molar refractivity (Wildman–Crippen MR) is 160 cm³/mol. The van der Waals surface area contributed by atoms with Gasteiger partial charge in [-0.25, -0.2) is 14.8 Å². The lowest BCUT2D eigenvalue weighted by Gasteiger charge is -2.54. The normalized spacial score (nSPS) is 19.4. The number of halogens is 3. The van der Waals surface area contributed by atoms with Gasteiger partial charge in [-0.15, -0.1) is 0 Å². The van der Waals surface area contributed by atoms with Crippen LogP contribution in [0.25, 0.3) is 5.78 Å². The molecule has 3 aromatic rings. The van der Waals surface area contributed by atoms with Crippen molar-refractivity contribution >= 4 is 17.6 Å². The number of likely N-dealkylation sites (tertiary alicyclic amines) is 2. The number of fused-ring (bicyclic) bond motifs is 1. The number of benzene rings is 1. The monoisotopic (exact) mass is 614 g/mol. The van der Waals surface area contributed by atoms with Crippen LogP contribution < -0.4 is 4.90 Å². The quantitative estimate of drug-likeness (QED) is 0.385. The van der Waals surface area contributed by atoms with Gasteiger partial charge in [0.15, 0.2) is 0 Å². The number of alkyl halides is 3. The first-order valence-corrected chi connectivity index (χ1v) is 15.3. The Bertz CT molecular complexity index is 1520. The van der Waals surface area contributed by atoms with Crippen molar-refractivity contribution in [3.63, 3.8) is 0 Å². The minimum absolute atomic E-state index is 0.00779. The maximum absolute atomic E-state index is 13.8. The lowest BCUT2D eigenvalue weighted by atomic mass is 9.73. The second-order valence-electron chi connectivity index (χ2n) is 13.5. The summed E-state index contributed by atoms with van der Waals surface area (Å²) in [4.78, 5) is 28.6. The third-order valence-electron chi connectivity index (χ3n) is 8.95. The van der Waals surface area contributed by atoms with Crippen LogP contribution in [0.15, 0.2) is 30.6 Å². The van der Waals surface area contributed by atoms with Crippen molar-refractivity contribution in [2.75, 3.05) is 57.4 Å². The summed E-state index contributed by atoms with van der Waals surface area (Å²) in [7, 11) is 0. The lowest BCUT2D eigenvalue weighted by Crippen LogP contribution is -2.64. The second-order valence-corrected chi connectivity index (χ2v) is 13.5. The predicted octanol–water partition coefficient (Wildman–Crippen LogP) is 5.32. The Balaban J connectivity index is 1.28. The van der Waals surface area contributed by atoms with E-state index in [0.29, 0.717) is 50.6 Å². The first-order valence-electron chi connectivity index (χ1n) is 15.3. The zero-order valence-electron chi connectivity index (χ0n) is 25.9. The molecule has 0 unspecified atom stereocenters. The third-order valence-corrected chi connectivity index (χ3v) is 8.95. The number of imidazole rings is 1. The fourth-order valence-corrected chi connectivity index (χ4v) is 6.81. The van der Waals surface area contributed by atoms with Crippen LogP contribution in [0.1, 0.15) is 61.7 Å². The summed E-state index contributed by atoms with van der Waals surface area (Å²) in [5, 5.41) is 0. The van der Waals surface area contributed by atoms with Crippen LogP contribution in [0, 0.1) is 12.3 Å². The number of nitrogens with zero attached hydrogens (tertiary/aromatic N) is 6. The Labute approximate surface area is 255 Å². The summed E-state index contributed by atoms with van der Waals surface area (Å²) in [6.45, 7) is 13.5. The van der Waals surface area contributed by atoms with Gasteiger partial charge in [-0.1, -0.05) is 12.1 Å². The number of aromatic nitrogens is 3. The zero-order chi connectivity index (χ0) is 31.3. The van der Waals surface area contributed by atoms with Crippen molar-refractivity contribution in [1.29, 1.82) is 0 Å². The second kappa shape index (κ2) is 11.5. The standard InChI is InChI=1S/C32H41F3N6O3/c1-22-23(7-5-8-25(22)32(33,34)35)15-27-26(37-28-36-16-24(17-41(27)28)39-11-13-43-14-12-39)18-38-10-6-9-31(19-38)20-40(21-31)29(42)44-30(2,3)4/h5,7-8,16-17H,6,9-15,18-21H2,1-4H3. The summed E-state index contributed by atoms with van der Waals surface area (Å²) in [6.07, 6.45) is 1.45. The lowest BCUT2D eigenvalue weighted by molar-refractivity contribution is -0.138. The first kappa shape index (κ1) is 30.6. The van der Waals surface area contributed by atoms with E-state index in [1.54, 1.807) is 17.9 Å². The third kappa shape index (κ3) is 6.37. The number of rotatable bonds is 5. The fourth-order valence-electron chi connectivity index (χ4n) is 6.81. The Morgan fingerprint density at radius 1 is 1.09 bits per heavy atom. The van der Waals surface area contributed by atoms with Crippen molar-refractivity contribution in [3.8, 4) is 0 Å². The van der Waals surface area contributed by atoms with Crippen LogP contribution in [0.2, 0.25) is 0 Å². The molecule has 0 N–H and O–H groups in total. The van der Waals surface area contributed by atoms with E-state index in [9.17, 15) is 18.0 Å². The number of piperidine rings is 1. The summed E-state index contributed by atoms with van der Waals surface area (Å²) in [5.41, 5.74) is 2.28. The molecule has 3 aliphatic heterocycles. The minimum Gasteiger partial charge on any atom is -0.444 e. The van der Waals surface area contributed by atoms with E-state index in [4.69, 9.17) is 14.5 Å². The molecule has 6 rings (SSSR count). The molecule has 12 heteroatoms. The topological polar surface area (TPSA) is 75.4 Å². The number of ether oxygens (including phenoxy) is 2. The highest BCUT2D eigenvalue weighted by atomic mass is 19.4. The summed E-state index contributed by atoms with van der Waals surface area (Å²) >= 11 is 0. The van der Waals surface area contributed by atoms with Crippen LogP contribution in [0.4, 0.5) is 23.7 Å². The van der Waals surface area contributed by atoms with E-state index in [2.05, 4.69) is 14.8 Å². The maximum atomic E-state index is 13.8. The molecule has 0 radical (unpaired) electrons. The molecule has 0 atom stereocenters. The Morgan fingerprint density at radius 2 is 1.84 bits per heavy atom. The van der Waals surface area contributed by atoms with Crippen molar-refractivity contribution < 1.29 is 27.4 Å². The van der Waals surface area contributed by atoms with Gasteiger partial charge in [-0.05, 0) is 64.3 Å². The van der Waals surface area contributed by atoms with Crippen molar-refractivity contribution in [3.05, 3.63) is 58.7 Å². The Morgan fingerprint density at radius 3 is 2.55 bits per heavy atom. The molecule has 3 aliphatic rings. The molecule has 3 fully saturated rings. The van der Waals surface area contributed by atoms with E-state index in [1.807, 2.05) is 37.6 Å². The molecule has 5 heterocycles. The van der Waals surface area contributed by atoms with E-state index in [1.165, 1.54) is 6.07 Å². The summed E-state index contributed by atoms with van der Waals surface area (Å²) in [6, 6.07) is 4.38. The Kier molecular flexibility index (Phi) is 8.02. The van der Waals surface area contributed by atoms with E-state index < -0.39 is 17.3 Å². The maximum Gasteiger partial charge on any atom is 0.416 e. The van der Waals surface area contributed by atoms with Gasteiger partial charge in [0.05, 0.1) is 42.0 Å². The van der Waals surface area contributed by atoms with Gasteiger partial charge in [-0.3, -0.25) is 9.30 Å². The average molecular weight is 615 g/mol. The molecule has 0 bridgehead atoms. The number of morpholine rings is 1. The van der Waals surface area contributed by atoms with Gasteiger partial charge >= 0.3 is 12.3 Å². The van der Waals surface area contributed by atoms with Gasteiger partial charge in [0.1, 0.15) is 5.60 Å². The van der Waals surface area contributed by atoms with Gasteiger partial charge in [0.2, 0.25) is 5.78 Å². The first-order chi connectivity index (χ1) is 20.8. The molecular weight excluding hydrogens is 573 g/mol. The molecule has 0 saturated carbocycles. The largest absolute Gasteiger partial charge is 0.444 e. The van der Waals surface area contributed by atoms with Gasteiger partial charge < -0.3 is 19.3 Å². The van der Waals surface area contributed by atoms with Crippen LogP contribution in [0.5, 0.6) is 0 Å². The van der Waals surface area contributed by atoms with Crippen LogP contribution in [0.3, 0.4) is 0 Å². The van der Waals surface area contributed by atoms with E-state index in [0.717, 1.165) is 62.2 Å². The summed E-state index contributed by atoms with van der Waals surface area (Å²) in [5.74, 6) is 0.531. The zero-order valence-corrected chi connectivity index (χ0v) is 25.9. The number of hydrogen-bond acceptors (Lipinski definition) is 7. The number of carbonyl (C=O) groups excluding carboxylic acids is 1. The molecule has 1 aromatic carbocycles. The highest BCUT2D eigenvalue weighted by Crippen LogP contribution is 2.40. The molecular formula is C32H41F3N6O3. The molecule has 9 nitrogen and oxygen atoms in total.